The Labute approximate surface area is 136 Å². The van der Waals surface area contributed by atoms with Gasteiger partial charge >= 0.3 is 0 Å². The maximum atomic E-state index is 12.5. The van der Waals surface area contributed by atoms with E-state index in [0.29, 0.717) is 18.8 Å². The number of aromatic nitrogens is 1. The van der Waals surface area contributed by atoms with Crippen LogP contribution in [0.15, 0.2) is 18.3 Å². The molecule has 3 rings (SSSR count). The van der Waals surface area contributed by atoms with Crippen molar-refractivity contribution in [3.63, 3.8) is 0 Å². The van der Waals surface area contributed by atoms with Gasteiger partial charge in [-0.3, -0.25) is 14.7 Å². The van der Waals surface area contributed by atoms with Gasteiger partial charge in [-0.05, 0) is 25.0 Å². The van der Waals surface area contributed by atoms with Crippen molar-refractivity contribution >= 4 is 5.91 Å². The fraction of sp³-hybridized carbons (Fsp3) is 0.588. The van der Waals surface area contributed by atoms with Crippen LogP contribution < -0.4 is 0 Å². The molecule has 1 aromatic rings. The maximum Gasteiger partial charge on any atom is 0.272 e. The Hall–Kier alpha value is -1.97. The van der Waals surface area contributed by atoms with Crippen molar-refractivity contribution in [2.45, 2.75) is 19.9 Å². The zero-order valence-electron chi connectivity index (χ0n) is 13.5. The van der Waals surface area contributed by atoms with E-state index in [2.05, 4.69) is 16.0 Å². The van der Waals surface area contributed by atoms with E-state index in [1.807, 2.05) is 13.0 Å². The number of likely N-dealkylation sites (tertiary alicyclic amines) is 1. The first-order valence-corrected chi connectivity index (χ1v) is 8.05. The molecule has 0 aliphatic carbocycles. The average Bonchev–Trinajstić information content (AvgIpc) is 2.99. The summed E-state index contributed by atoms with van der Waals surface area (Å²) in [4.78, 5) is 20.9. The molecular weight excluding hydrogens is 292 g/mol. The molecule has 6 heteroatoms. The van der Waals surface area contributed by atoms with Gasteiger partial charge in [-0.25, -0.2) is 0 Å². The zero-order valence-corrected chi connectivity index (χ0v) is 13.5. The summed E-state index contributed by atoms with van der Waals surface area (Å²) in [5.41, 5.74) is 1.14. The van der Waals surface area contributed by atoms with Crippen molar-refractivity contribution in [3.05, 3.63) is 29.6 Å². The molecule has 0 N–H and O–H groups in total. The van der Waals surface area contributed by atoms with Crippen LogP contribution in [0.4, 0.5) is 0 Å². The normalized spacial score (nSPS) is 25.3. The molecule has 122 valence electrons. The molecule has 0 saturated carbocycles. The fourth-order valence-corrected chi connectivity index (χ4v) is 3.05. The summed E-state index contributed by atoms with van der Waals surface area (Å²) < 4.78 is 5.34. The largest absolute Gasteiger partial charge is 0.379 e. The summed E-state index contributed by atoms with van der Waals surface area (Å²) in [6, 6.07) is 6.06. The molecule has 2 saturated heterocycles. The standard InChI is InChI=1S/C17H22N4O2/c1-17(12-18)4-5-21(13-17)16(22)15-3-2-14(10-19-15)11-20-6-8-23-9-7-20/h2-3,10H,4-9,11,13H2,1H3. The van der Waals surface area contributed by atoms with E-state index in [-0.39, 0.29) is 5.91 Å². The predicted molar refractivity (Wildman–Crippen MR) is 84.6 cm³/mol. The minimum absolute atomic E-state index is 0.0816. The highest BCUT2D eigenvalue weighted by molar-refractivity contribution is 5.92. The van der Waals surface area contributed by atoms with Crippen molar-refractivity contribution < 1.29 is 9.53 Å². The average molecular weight is 314 g/mol. The van der Waals surface area contributed by atoms with Gasteiger partial charge in [0, 0.05) is 38.9 Å². The fourth-order valence-electron chi connectivity index (χ4n) is 3.05. The van der Waals surface area contributed by atoms with Gasteiger partial charge in [0.1, 0.15) is 5.69 Å². The number of rotatable bonds is 3. The first-order valence-electron chi connectivity index (χ1n) is 8.05. The van der Waals surface area contributed by atoms with Crippen LogP contribution in [0, 0.1) is 16.7 Å². The highest BCUT2D eigenvalue weighted by Gasteiger charge is 2.36. The number of carbonyl (C=O) groups excluding carboxylic acids is 1. The summed E-state index contributed by atoms with van der Waals surface area (Å²) in [5.74, 6) is -0.0816. The van der Waals surface area contributed by atoms with Gasteiger partial charge in [0.25, 0.3) is 5.91 Å². The Balaban J connectivity index is 1.61. The van der Waals surface area contributed by atoms with Crippen molar-refractivity contribution in [2.24, 2.45) is 5.41 Å². The molecule has 2 fully saturated rings. The van der Waals surface area contributed by atoms with Crippen LogP contribution in [0.1, 0.15) is 29.4 Å². The molecule has 0 radical (unpaired) electrons. The number of hydrogen-bond donors (Lipinski definition) is 0. The second kappa shape index (κ2) is 6.65. The van der Waals surface area contributed by atoms with Gasteiger partial charge in [0.15, 0.2) is 0 Å². The molecule has 23 heavy (non-hydrogen) atoms. The number of morpholine rings is 1. The topological polar surface area (TPSA) is 69.5 Å². The lowest BCUT2D eigenvalue weighted by molar-refractivity contribution is 0.0341. The maximum absolute atomic E-state index is 12.5. The van der Waals surface area contributed by atoms with Crippen molar-refractivity contribution in [1.82, 2.24) is 14.8 Å². The predicted octanol–water partition coefficient (Wildman–Crippen LogP) is 1.29. The molecule has 1 atom stereocenters. The van der Waals surface area contributed by atoms with E-state index in [1.165, 1.54) is 0 Å². The van der Waals surface area contributed by atoms with E-state index in [0.717, 1.165) is 44.8 Å². The molecule has 1 unspecified atom stereocenters. The van der Waals surface area contributed by atoms with Crippen molar-refractivity contribution in [2.75, 3.05) is 39.4 Å². The number of hydrogen-bond acceptors (Lipinski definition) is 5. The van der Waals surface area contributed by atoms with Gasteiger partial charge in [0.05, 0.1) is 24.7 Å². The quantitative estimate of drug-likeness (QED) is 0.841. The van der Waals surface area contributed by atoms with Gasteiger partial charge in [-0.1, -0.05) is 6.07 Å². The number of nitrogens with zero attached hydrogens (tertiary/aromatic N) is 4. The third-order valence-corrected chi connectivity index (χ3v) is 4.58. The van der Waals surface area contributed by atoms with E-state index >= 15 is 0 Å². The SMILES string of the molecule is CC1(C#N)CCN(C(=O)c2ccc(CN3CCOCC3)cn2)C1. The molecule has 3 heterocycles. The van der Waals surface area contributed by atoms with Gasteiger partial charge in [-0.15, -0.1) is 0 Å². The van der Waals surface area contributed by atoms with Crippen LogP contribution in [0.5, 0.6) is 0 Å². The summed E-state index contributed by atoms with van der Waals surface area (Å²) in [5, 5.41) is 9.17. The lowest BCUT2D eigenvalue weighted by atomic mass is 9.92. The Bertz CT molecular complexity index is 604. The number of nitriles is 1. The Kier molecular flexibility index (Phi) is 4.60. The van der Waals surface area contributed by atoms with Crippen LogP contribution in [0.2, 0.25) is 0 Å². The van der Waals surface area contributed by atoms with E-state index in [1.54, 1.807) is 17.2 Å². The smallest absolute Gasteiger partial charge is 0.272 e. The van der Waals surface area contributed by atoms with Crippen LogP contribution in [0.3, 0.4) is 0 Å². The summed E-state index contributed by atoms with van der Waals surface area (Å²) in [6.45, 7) is 7.26. The van der Waals surface area contributed by atoms with Crippen LogP contribution in [-0.2, 0) is 11.3 Å². The minimum Gasteiger partial charge on any atom is -0.379 e. The molecule has 0 aromatic carbocycles. The van der Waals surface area contributed by atoms with E-state index < -0.39 is 5.41 Å². The molecule has 6 nitrogen and oxygen atoms in total. The third kappa shape index (κ3) is 3.69. The molecular formula is C17H22N4O2. The van der Waals surface area contributed by atoms with E-state index in [4.69, 9.17) is 4.74 Å². The van der Waals surface area contributed by atoms with Gasteiger partial charge in [0.2, 0.25) is 0 Å². The van der Waals surface area contributed by atoms with Crippen LogP contribution in [0.25, 0.3) is 0 Å². The highest BCUT2D eigenvalue weighted by atomic mass is 16.5. The van der Waals surface area contributed by atoms with Crippen LogP contribution in [-0.4, -0.2) is 60.1 Å². The summed E-state index contributed by atoms with van der Waals surface area (Å²) in [6.07, 6.45) is 2.51. The molecule has 1 amide bonds. The first-order chi connectivity index (χ1) is 11.1. The third-order valence-electron chi connectivity index (χ3n) is 4.58. The lowest BCUT2D eigenvalue weighted by Gasteiger charge is -2.26. The molecule has 1 aromatic heterocycles. The van der Waals surface area contributed by atoms with Gasteiger partial charge < -0.3 is 9.64 Å². The number of ether oxygens (including phenoxy) is 1. The zero-order chi connectivity index (χ0) is 16.3. The second-order valence-electron chi connectivity index (χ2n) is 6.59. The molecule has 2 aliphatic heterocycles. The minimum atomic E-state index is -0.425. The van der Waals surface area contributed by atoms with Gasteiger partial charge in [-0.2, -0.15) is 5.26 Å². The van der Waals surface area contributed by atoms with Crippen molar-refractivity contribution in [1.29, 1.82) is 5.26 Å². The monoisotopic (exact) mass is 314 g/mol. The number of carbonyl (C=O) groups is 1. The highest BCUT2D eigenvalue weighted by Crippen LogP contribution is 2.29. The number of amides is 1. The summed E-state index contributed by atoms with van der Waals surface area (Å²) >= 11 is 0. The number of pyridine rings is 1. The molecule has 2 aliphatic rings. The first kappa shape index (κ1) is 15.9. The Morgan fingerprint density at radius 3 is 2.78 bits per heavy atom. The van der Waals surface area contributed by atoms with Crippen LogP contribution >= 0.6 is 0 Å². The summed E-state index contributed by atoms with van der Waals surface area (Å²) in [7, 11) is 0. The Morgan fingerprint density at radius 1 is 1.39 bits per heavy atom. The molecule has 0 spiro atoms. The van der Waals surface area contributed by atoms with E-state index in [9.17, 15) is 10.1 Å². The molecule has 0 bridgehead atoms. The lowest BCUT2D eigenvalue weighted by Crippen LogP contribution is -2.35. The second-order valence-corrected chi connectivity index (χ2v) is 6.59. The van der Waals surface area contributed by atoms with Crippen molar-refractivity contribution in [3.8, 4) is 6.07 Å². The Morgan fingerprint density at radius 2 is 2.17 bits per heavy atom.